The minimum absolute atomic E-state index is 0.141. The summed E-state index contributed by atoms with van der Waals surface area (Å²) in [5, 5.41) is 3.07. The molecule has 0 saturated heterocycles. The SMILES string of the molecule is CSc1nc2c(c(=O)[nH]1)[C@@H](c1ccc(F)cc1)CC(=O)N2. The fourth-order valence-corrected chi connectivity index (χ4v) is 2.80. The van der Waals surface area contributed by atoms with Crippen molar-refractivity contribution in [2.45, 2.75) is 17.5 Å². The molecule has 0 radical (unpaired) electrons. The predicted molar refractivity (Wildman–Crippen MR) is 78.1 cm³/mol. The summed E-state index contributed by atoms with van der Waals surface area (Å²) in [5.74, 6) is -0.693. The number of halogens is 1. The van der Waals surface area contributed by atoms with E-state index in [4.69, 9.17) is 0 Å². The van der Waals surface area contributed by atoms with Crippen LogP contribution in [-0.2, 0) is 4.79 Å². The van der Waals surface area contributed by atoms with Gasteiger partial charge in [0.2, 0.25) is 5.91 Å². The minimum Gasteiger partial charge on any atom is -0.310 e. The Hall–Kier alpha value is -2.15. The molecule has 0 unspecified atom stereocenters. The number of anilines is 1. The summed E-state index contributed by atoms with van der Waals surface area (Å²) >= 11 is 1.29. The zero-order valence-electron chi connectivity index (χ0n) is 11.1. The van der Waals surface area contributed by atoms with E-state index in [1.807, 2.05) is 0 Å². The molecule has 1 atom stereocenters. The standard InChI is InChI=1S/C14H12FN3O2S/c1-21-14-17-12-11(13(20)18-14)9(6-10(19)16-12)7-2-4-8(15)5-3-7/h2-5,9H,6H2,1H3,(H2,16,17,18,19,20)/t9-/m1/s1. The summed E-state index contributed by atoms with van der Waals surface area (Å²) in [4.78, 5) is 31.0. The van der Waals surface area contributed by atoms with Crippen LogP contribution in [0.15, 0.2) is 34.2 Å². The zero-order chi connectivity index (χ0) is 15.0. The van der Waals surface area contributed by atoms with E-state index in [0.29, 0.717) is 10.7 Å². The van der Waals surface area contributed by atoms with Crippen LogP contribution in [0.1, 0.15) is 23.5 Å². The molecule has 2 heterocycles. The molecule has 2 N–H and O–H groups in total. The fourth-order valence-electron chi connectivity index (χ4n) is 2.43. The maximum Gasteiger partial charge on any atom is 0.257 e. The zero-order valence-corrected chi connectivity index (χ0v) is 12.0. The number of aromatic amines is 1. The number of amides is 1. The van der Waals surface area contributed by atoms with Gasteiger partial charge in [-0.2, -0.15) is 0 Å². The maximum atomic E-state index is 13.0. The van der Waals surface area contributed by atoms with Crippen molar-refractivity contribution in [1.82, 2.24) is 9.97 Å². The lowest BCUT2D eigenvalue weighted by Crippen LogP contribution is -2.31. The van der Waals surface area contributed by atoms with Gasteiger partial charge in [0.25, 0.3) is 5.56 Å². The summed E-state index contributed by atoms with van der Waals surface area (Å²) in [6.45, 7) is 0. The highest BCUT2D eigenvalue weighted by molar-refractivity contribution is 7.98. The van der Waals surface area contributed by atoms with Crippen molar-refractivity contribution in [3.8, 4) is 0 Å². The molecule has 3 rings (SSSR count). The Morgan fingerprint density at radius 1 is 1.29 bits per heavy atom. The third-order valence-corrected chi connectivity index (χ3v) is 3.98. The Morgan fingerprint density at radius 3 is 2.67 bits per heavy atom. The van der Waals surface area contributed by atoms with E-state index in [9.17, 15) is 14.0 Å². The van der Waals surface area contributed by atoms with Gasteiger partial charge in [0.15, 0.2) is 5.16 Å². The van der Waals surface area contributed by atoms with Crippen molar-refractivity contribution in [2.75, 3.05) is 11.6 Å². The third kappa shape index (κ3) is 2.56. The molecular formula is C14H12FN3O2S. The number of H-pyrrole nitrogens is 1. The molecule has 1 aliphatic heterocycles. The largest absolute Gasteiger partial charge is 0.310 e. The normalized spacial score (nSPS) is 17.2. The summed E-state index contributed by atoms with van der Waals surface area (Å²) in [7, 11) is 0. The molecule has 1 aromatic heterocycles. The number of rotatable bonds is 2. The van der Waals surface area contributed by atoms with Gasteiger partial charge < -0.3 is 10.3 Å². The molecule has 0 bridgehead atoms. The summed E-state index contributed by atoms with van der Waals surface area (Å²) in [6.07, 6.45) is 1.93. The van der Waals surface area contributed by atoms with Gasteiger partial charge >= 0.3 is 0 Å². The second-order valence-electron chi connectivity index (χ2n) is 4.69. The molecule has 1 aromatic carbocycles. The maximum absolute atomic E-state index is 13.0. The van der Waals surface area contributed by atoms with E-state index in [1.54, 1.807) is 18.4 Å². The highest BCUT2D eigenvalue weighted by atomic mass is 32.2. The number of benzene rings is 1. The third-order valence-electron chi connectivity index (χ3n) is 3.40. The number of hydrogen-bond donors (Lipinski definition) is 2. The van der Waals surface area contributed by atoms with Crippen LogP contribution in [0.25, 0.3) is 0 Å². The van der Waals surface area contributed by atoms with Gasteiger partial charge in [-0.3, -0.25) is 9.59 Å². The molecule has 2 aromatic rings. The van der Waals surface area contributed by atoms with Crippen molar-refractivity contribution in [3.63, 3.8) is 0 Å². The van der Waals surface area contributed by atoms with Crippen molar-refractivity contribution in [1.29, 1.82) is 0 Å². The Balaban J connectivity index is 2.15. The molecule has 7 heteroatoms. The average Bonchev–Trinajstić information content (AvgIpc) is 2.46. The first-order chi connectivity index (χ1) is 10.1. The van der Waals surface area contributed by atoms with E-state index in [-0.39, 0.29) is 29.5 Å². The first-order valence-corrected chi connectivity index (χ1v) is 7.54. The van der Waals surface area contributed by atoms with Crippen LogP contribution in [-0.4, -0.2) is 22.1 Å². The van der Waals surface area contributed by atoms with Crippen molar-refractivity contribution in [2.24, 2.45) is 0 Å². The lowest BCUT2D eigenvalue weighted by molar-refractivity contribution is -0.116. The molecule has 1 amide bonds. The number of carbonyl (C=O) groups is 1. The average molecular weight is 305 g/mol. The van der Waals surface area contributed by atoms with E-state index >= 15 is 0 Å². The molecule has 108 valence electrons. The van der Waals surface area contributed by atoms with Gasteiger partial charge in [-0.15, -0.1) is 0 Å². The summed E-state index contributed by atoms with van der Waals surface area (Å²) in [5.41, 5.74) is 0.856. The van der Waals surface area contributed by atoms with E-state index in [1.165, 1.54) is 23.9 Å². The van der Waals surface area contributed by atoms with Crippen LogP contribution in [0, 0.1) is 5.82 Å². The van der Waals surface area contributed by atoms with Gasteiger partial charge in [-0.25, -0.2) is 9.37 Å². The lowest BCUT2D eigenvalue weighted by Gasteiger charge is -2.24. The van der Waals surface area contributed by atoms with E-state index < -0.39 is 5.92 Å². The van der Waals surface area contributed by atoms with Gasteiger partial charge in [0.1, 0.15) is 11.6 Å². The fraction of sp³-hybridized carbons (Fsp3) is 0.214. The van der Waals surface area contributed by atoms with Crippen LogP contribution < -0.4 is 10.9 Å². The number of hydrogen-bond acceptors (Lipinski definition) is 4. The Labute approximate surface area is 124 Å². The smallest absolute Gasteiger partial charge is 0.257 e. The number of thioether (sulfide) groups is 1. The summed E-state index contributed by atoms with van der Waals surface area (Å²) in [6, 6.07) is 5.81. The number of carbonyl (C=O) groups excluding carboxylic acids is 1. The minimum atomic E-state index is -0.415. The van der Waals surface area contributed by atoms with Crippen LogP contribution in [0.3, 0.4) is 0 Å². The Morgan fingerprint density at radius 2 is 2.00 bits per heavy atom. The highest BCUT2D eigenvalue weighted by Crippen LogP contribution is 2.34. The number of aromatic nitrogens is 2. The van der Waals surface area contributed by atoms with Crippen LogP contribution in [0.5, 0.6) is 0 Å². The molecule has 0 spiro atoms. The molecule has 0 saturated carbocycles. The Bertz CT molecular complexity index is 758. The van der Waals surface area contributed by atoms with Gasteiger partial charge in [-0.05, 0) is 24.0 Å². The van der Waals surface area contributed by atoms with Crippen molar-refractivity contribution >= 4 is 23.5 Å². The molecule has 0 fully saturated rings. The number of nitrogens with zero attached hydrogens (tertiary/aromatic N) is 1. The topological polar surface area (TPSA) is 74.8 Å². The van der Waals surface area contributed by atoms with E-state index in [2.05, 4.69) is 15.3 Å². The second kappa shape index (κ2) is 5.33. The molecule has 21 heavy (non-hydrogen) atoms. The van der Waals surface area contributed by atoms with E-state index in [0.717, 1.165) is 5.56 Å². The first-order valence-electron chi connectivity index (χ1n) is 6.32. The molecule has 5 nitrogen and oxygen atoms in total. The lowest BCUT2D eigenvalue weighted by atomic mass is 9.87. The van der Waals surface area contributed by atoms with Crippen molar-refractivity contribution in [3.05, 3.63) is 51.6 Å². The summed E-state index contributed by atoms with van der Waals surface area (Å²) < 4.78 is 13.0. The highest BCUT2D eigenvalue weighted by Gasteiger charge is 2.30. The van der Waals surface area contributed by atoms with Crippen LogP contribution >= 0.6 is 11.8 Å². The quantitative estimate of drug-likeness (QED) is 0.658. The molecular weight excluding hydrogens is 293 g/mol. The monoisotopic (exact) mass is 305 g/mol. The van der Waals surface area contributed by atoms with Crippen molar-refractivity contribution < 1.29 is 9.18 Å². The second-order valence-corrected chi connectivity index (χ2v) is 5.49. The number of fused-ring (bicyclic) bond motifs is 1. The van der Waals surface area contributed by atoms with Gasteiger partial charge in [0, 0.05) is 12.3 Å². The molecule has 0 aliphatic carbocycles. The van der Waals surface area contributed by atoms with Gasteiger partial charge in [-0.1, -0.05) is 23.9 Å². The van der Waals surface area contributed by atoms with Crippen LogP contribution in [0.2, 0.25) is 0 Å². The first kappa shape index (κ1) is 13.8. The predicted octanol–water partition coefficient (Wildman–Crippen LogP) is 2.10. The van der Waals surface area contributed by atoms with Gasteiger partial charge in [0.05, 0.1) is 5.56 Å². The number of nitrogens with one attached hydrogen (secondary N) is 2. The van der Waals surface area contributed by atoms with Crippen LogP contribution in [0.4, 0.5) is 10.2 Å². The Kier molecular flexibility index (Phi) is 3.50. The molecule has 1 aliphatic rings.